The van der Waals surface area contributed by atoms with Crippen molar-refractivity contribution in [1.29, 1.82) is 0 Å². The molecule has 2 aromatic heterocycles. The maximum absolute atomic E-state index is 12.6. The van der Waals surface area contributed by atoms with Crippen molar-refractivity contribution in [3.63, 3.8) is 0 Å². The highest BCUT2D eigenvalue weighted by molar-refractivity contribution is 7.92. The fourth-order valence-electron chi connectivity index (χ4n) is 2.80. The SMILES string of the molecule is CN(C)c1nnc(-c2ccc(NS(=O)(=O)c3cnn(C4CCOC4)c3)cc2)o1. The molecule has 1 aliphatic rings. The zero-order valence-corrected chi connectivity index (χ0v) is 16.3. The molecule has 1 saturated heterocycles. The van der Waals surface area contributed by atoms with Gasteiger partial charge in [0.2, 0.25) is 5.89 Å². The van der Waals surface area contributed by atoms with Gasteiger partial charge in [0.1, 0.15) is 4.90 Å². The molecule has 11 heteroatoms. The van der Waals surface area contributed by atoms with Gasteiger partial charge in [0.15, 0.2) is 0 Å². The largest absolute Gasteiger partial charge is 0.403 e. The molecule has 148 valence electrons. The van der Waals surface area contributed by atoms with Crippen LogP contribution in [0, 0.1) is 0 Å². The summed E-state index contributed by atoms with van der Waals surface area (Å²) in [7, 11) is -0.134. The molecule has 1 unspecified atom stereocenters. The van der Waals surface area contributed by atoms with E-state index in [9.17, 15) is 8.42 Å². The molecular weight excluding hydrogens is 384 g/mol. The average molecular weight is 404 g/mol. The summed E-state index contributed by atoms with van der Waals surface area (Å²) < 4.78 is 40.3. The summed E-state index contributed by atoms with van der Waals surface area (Å²) in [6, 6.07) is 7.17. The minimum atomic E-state index is -3.74. The Bertz CT molecular complexity index is 1050. The van der Waals surface area contributed by atoms with Crippen LogP contribution >= 0.6 is 0 Å². The van der Waals surface area contributed by atoms with Gasteiger partial charge in [-0.25, -0.2) is 8.42 Å². The standard InChI is InChI=1S/C17H20N6O4S/c1-22(2)17-20-19-16(27-17)12-3-5-13(6-4-12)21-28(24,25)15-9-18-23(10-15)14-7-8-26-11-14/h3-6,9-10,14,21H,7-8,11H2,1-2H3. The molecule has 3 aromatic rings. The second-order valence-electron chi connectivity index (χ2n) is 6.64. The lowest BCUT2D eigenvalue weighted by Gasteiger charge is -2.08. The molecule has 0 bridgehead atoms. The molecule has 0 aliphatic carbocycles. The van der Waals surface area contributed by atoms with Gasteiger partial charge >= 0.3 is 6.01 Å². The van der Waals surface area contributed by atoms with E-state index < -0.39 is 10.0 Å². The number of sulfonamides is 1. The van der Waals surface area contributed by atoms with Crippen molar-refractivity contribution in [3.8, 4) is 11.5 Å². The van der Waals surface area contributed by atoms with Crippen LogP contribution in [-0.4, -0.2) is 55.7 Å². The van der Waals surface area contributed by atoms with Crippen LogP contribution in [0.15, 0.2) is 46.0 Å². The second kappa shape index (κ2) is 7.24. The highest BCUT2D eigenvalue weighted by Crippen LogP contribution is 2.24. The summed E-state index contributed by atoms with van der Waals surface area (Å²) in [5.74, 6) is 0.359. The molecule has 1 fully saturated rings. The lowest BCUT2D eigenvalue weighted by molar-refractivity contribution is 0.184. The first-order valence-corrected chi connectivity index (χ1v) is 10.2. The molecule has 4 rings (SSSR count). The lowest BCUT2D eigenvalue weighted by atomic mass is 10.2. The molecule has 0 amide bonds. The summed E-state index contributed by atoms with van der Waals surface area (Å²) in [5, 5.41) is 12.1. The first kappa shape index (κ1) is 18.4. The van der Waals surface area contributed by atoms with E-state index in [4.69, 9.17) is 9.15 Å². The Morgan fingerprint density at radius 3 is 2.64 bits per heavy atom. The van der Waals surface area contributed by atoms with Gasteiger partial charge in [-0.3, -0.25) is 9.40 Å². The van der Waals surface area contributed by atoms with E-state index in [1.807, 2.05) is 0 Å². The van der Waals surface area contributed by atoms with Crippen molar-refractivity contribution in [2.24, 2.45) is 0 Å². The predicted molar refractivity (Wildman–Crippen MR) is 102 cm³/mol. The van der Waals surface area contributed by atoms with Crippen LogP contribution in [-0.2, 0) is 14.8 Å². The van der Waals surface area contributed by atoms with E-state index in [1.165, 1.54) is 12.4 Å². The second-order valence-corrected chi connectivity index (χ2v) is 8.32. The number of anilines is 2. The van der Waals surface area contributed by atoms with Gasteiger partial charge < -0.3 is 14.1 Å². The molecule has 28 heavy (non-hydrogen) atoms. The van der Waals surface area contributed by atoms with Gasteiger partial charge in [-0.05, 0) is 30.7 Å². The molecule has 1 N–H and O–H groups in total. The topological polar surface area (TPSA) is 115 Å². The van der Waals surface area contributed by atoms with Crippen molar-refractivity contribution in [1.82, 2.24) is 20.0 Å². The molecule has 1 aliphatic heterocycles. The lowest BCUT2D eigenvalue weighted by Crippen LogP contribution is -2.13. The summed E-state index contributed by atoms with van der Waals surface area (Å²) in [6.45, 7) is 1.20. The Kier molecular flexibility index (Phi) is 4.77. The molecule has 10 nitrogen and oxygen atoms in total. The summed E-state index contributed by atoms with van der Waals surface area (Å²) >= 11 is 0. The molecule has 3 heterocycles. The van der Waals surface area contributed by atoms with Crippen LogP contribution in [0.5, 0.6) is 0 Å². The summed E-state index contributed by atoms with van der Waals surface area (Å²) in [5.41, 5.74) is 1.12. The van der Waals surface area contributed by atoms with Gasteiger partial charge in [-0.1, -0.05) is 5.10 Å². The maximum Gasteiger partial charge on any atom is 0.317 e. The van der Waals surface area contributed by atoms with Gasteiger partial charge in [0.25, 0.3) is 10.0 Å². The van der Waals surface area contributed by atoms with Gasteiger partial charge in [-0.2, -0.15) is 5.10 Å². The van der Waals surface area contributed by atoms with E-state index >= 15 is 0 Å². The van der Waals surface area contributed by atoms with Crippen LogP contribution in [0.4, 0.5) is 11.7 Å². The van der Waals surface area contributed by atoms with Gasteiger partial charge in [0.05, 0.1) is 18.8 Å². The highest BCUT2D eigenvalue weighted by atomic mass is 32.2. The van der Waals surface area contributed by atoms with Crippen LogP contribution in [0.1, 0.15) is 12.5 Å². The van der Waals surface area contributed by atoms with E-state index in [1.54, 1.807) is 47.9 Å². The number of nitrogens with zero attached hydrogens (tertiary/aromatic N) is 5. The number of aromatic nitrogens is 4. The maximum atomic E-state index is 12.6. The number of hydrogen-bond donors (Lipinski definition) is 1. The smallest absolute Gasteiger partial charge is 0.317 e. The minimum Gasteiger partial charge on any atom is -0.403 e. The zero-order valence-electron chi connectivity index (χ0n) is 15.4. The Hall–Kier alpha value is -2.92. The fourth-order valence-corrected chi connectivity index (χ4v) is 3.79. The Morgan fingerprint density at radius 1 is 1.21 bits per heavy atom. The number of ether oxygens (including phenoxy) is 1. The third-order valence-corrected chi connectivity index (χ3v) is 5.68. The molecule has 0 saturated carbocycles. The van der Waals surface area contributed by atoms with E-state index in [-0.39, 0.29) is 10.9 Å². The van der Waals surface area contributed by atoms with Crippen molar-refractivity contribution < 1.29 is 17.6 Å². The third-order valence-electron chi connectivity index (χ3n) is 4.35. The van der Waals surface area contributed by atoms with E-state index in [0.717, 1.165) is 6.42 Å². The first-order chi connectivity index (χ1) is 13.4. The highest BCUT2D eigenvalue weighted by Gasteiger charge is 2.22. The van der Waals surface area contributed by atoms with Crippen LogP contribution in [0.2, 0.25) is 0 Å². The monoisotopic (exact) mass is 404 g/mol. The Morgan fingerprint density at radius 2 is 2.00 bits per heavy atom. The van der Waals surface area contributed by atoms with Gasteiger partial charge in [-0.15, -0.1) is 5.10 Å². The van der Waals surface area contributed by atoms with Gasteiger partial charge in [0, 0.05) is 38.1 Å². The number of rotatable bonds is 6. The fraction of sp³-hybridized carbons (Fsp3) is 0.353. The Labute approximate surface area is 162 Å². The molecule has 0 radical (unpaired) electrons. The molecule has 0 spiro atoms. The molecule has 1 aromatic carbocycles. The summed E-state index contributed by atoms with van der Waals surface area (Å²) in [4.78, 5) is 1.81. The van der Waals surface area contributed by atoms with E-state index in [2.05, 4.69) is 20.0 Å². The Balaban J connectivity index is 1.48. The number of nitrogens with one attached hydrogen (secondary N) is 1. The van der Waals surface area contributed by atoms with Crippen LogP contribution < -0.4 is 9.62 Å². The van der Waals surface area contributed by atoms with E-state index in [0.29, 0.717) is 36.4 Å². The normalized spacial score (nSPS) is 17.0. The van der Waals surface area contributed by atoms with Crippen molar-refractivity contribution in [2.45, 2.75) is 17.4 Å². The molecule has 1 atom stereocenters. The van der Waals surface area contributed by atoms with Crippen molar-refractivity contribution in [3.05, 3.63) is 36.7 Å². The third kappa shape index (κ3) is 3.71. The summed E-state index contributed by atoms with van der Waals surface area (Å²) in [6.07, 6.45) is 3.69. The van der Waals surface area contributed by atoms with Crippen molar-refractivity contribution >= 4 is 21.7 Å². The van der Waals surface area contributed by atoms with Crippen LogP contribution in [0.3, 0.4) is 0 Å². The minimum absolute atomic E-state index is 0.0738. The van der Waals surface area contributed by atoms with Crippen molar-refractivity contribution in [2.75, 3.05) is 36.9 Å². The zero-order chi connectivity index (χ0) is 19.7. The quantitative estimate of drug-likeness (QED) is 0.661. The first-order valence-electron chi connectivity index (χ1n) is 8.68. The van der Waals surface area contributed by atoms with Crippen LogP contribution in [0.25, 0.3) is 11.5 Å². The average Bonchev–Trinajstić information content (AvgIpc) is 3.41. The number of benzene rings is 1. The molecular formula is C17H20N6O4S. The number of hydrogen-bond acceptors (Lipinski definition) is 8. The predicted octanol–water partition coefficient (Wildman–Crippen LogP) is 1.76.